The molecular weight excluding hydrogens is 272 g/mol. The highest BCUT2D eigenvalue weighted by molar-refractivity contribution is 7.85. The van der Waals surface area contributed by atoms with Crippen LogP contribution in [0.5, 0.6) is 0 Å². The van der Waals surface area contributed by atoms with E-state index in [2.05, 4.69) is 32.9 Å². The van der Waals surface area contributed by atoms with E-state index in [0.29, 0.717) is 0 Å². The lowest BCUT2D eigenvalue weighted by Crippen LogP contribution is -2.10. The van der Waals surface area contributed by atoms with Gasteiger partial charge in [0.05, 0.1) is 4.90 Å². The molecule has 4 heteroatoms. The first-order valence-corrected chi connectivity index (χ1v) is 7.80. The lowest BCUT2D eigenvalue weighted by molar-refractivity contribution is 0.483. The molecule has 0 heterocycles. The summed E-state index contributed by atoms with van der Waals surface area (Å²) in [4.78, 5) is -0.0902. The molecule has 0 radical (unpaired) electrons. The minimum absolute atomic E-state index is 0.0902. The average Bonchev–Trinajstić information content (AvgIpc) is 2.37. The van der Waals surface area contributed by atoms with Gasteiger partial charge in [0, 0.05) is 0 Å². The van der Waals surface area contributed by atoms with Gasteiger partial charge in [0.15, 0.2) is 0 Å². The Morgan fingerprint density at radius 2 is 1.20 bits per heavy atom. The zero-order valence-corrected chi connectivity index (χ0v) is 12.6. The van der Waals surface area contributed by atoms with E-state index in [1.165, 1.54) is 17.7 Å². The fourth-order valence-electron chi connectivity index (χ4n) is 1.98. The van der Waals surface area contributed by atoms with Gasteiger partial charge in [0.1, 0.15) is 0 Å². The topological polar surface area (TPSA) is 54.4 Å². The molecule has 3 nitrogen and oxygen atoms in total. The molecular formula is C16H18O3S. The predicted octanol–water partition coefficient (Wildman–Crippen LogP) is 3.90. The van der Waals surface area contributed by atoms with E-state index >= 15 is 0 Å². The first-order valence-electron chi connectivity index (χ1n) is 6.36. The maximum atomic E-state index is 11.0. The molecule has 2 aromatic rings. The molecule has 0 unspecified atom stereocenters. The Balaban J connectivity index is 2.33. The van der Waals surface area contributed by atoms with Crippen molar-refractivity contribution in [2.75, 3.05) is 0 Å². The Morgan fingerprint density at radius 3 is 1.55 bits per heavy atom. The third kappa shape index (κ3) is 3.26. The van der Waals surface area contributed by atoms with E-state index in [0.717, 1.165) is 11.1 Å². The highest BCUT2D eigenvalue weighted by atomic mass is 32.2. The molecule has 0 aliphatic rings. The number of rotatable bonds is 2. The third-order valence-electron chi connectivity index (χ3n) is 3.24. The van der Waals surface area contributed by atoms with Gasteiger partial charge in [-0.3, -0.25) is 4.55 Å². The van der Waals surface area contributed by atoms with Gasteiger partial charge in [-0.05, 0) is 34.2 Å². The molecule has 2 rings (SSSR count). The average molecular weight is 290 g/mol. The quantitative estimate of drug-likeness (QED) is 0.853. The molecule has 0 saturated heterocycles. The maximum Gasteiger partial charge on any atom is 0.294 e. The molecule has 106 valence electrons. The van der Waals surface area contributed by atoms with E-state index in [1.807, 2.05) is 12.1 Å². The summed E-state index contributed by atoms with van der Waals surface area (Å²) < 4.78 is 30.9. The van der Waals surface area contributed by atoms with Crippen LogP contribution in [-0.2, 0) is 15.5 Å². The van der Waals surface area contributed by atoms with Crippen LogP contribution in [0, 0.1) is 0 Å². The zero-order chi connectivity index (χ0) is 15.0. The zero-order valence-electron chi connectivity index (χ0n) is 11.8. The summed E-state index contributed by atoms with van der Waals surface area (Å²) in [5, 5.41) is 0. The van der Waals surface area contributed by atoms with Crippen molar-refractivity contribution >= 4 is 10.1 Å². The molecule has 2 aromatic carbocycles. The monoisotopic (exact) mass is 290 g/mol. The third-order valence-corrected chi connectivity index (χ3v) is 4.10. The Bertz CT molecular complexity index is 691. The highest BCUT2D eigenvalue weighted by Gasteiger charge is 2.13. The van der Waals surface area contributed by atoms with Crippen molar-refractivity contribution in [3.8, 4) is 11.1 Å². The Morgan fingerprint density at radius 1 is 0.800 bits per heavy atom. The molecule has 0 aromatic heterocycles. The minimum Gasteiger partial charge on any atom is -0.282 e. The van der Waals surface area contributed by atoms with Crippen molar-refractivity contribution in [2.45, 2.75) is 31.1 Å². The molecule has 0 fully saturated rings. The van der Waals surface area contributed by atoms with Crippen LogP contribution >= 0.6 is 0 Å². The van der Waals surface area contributed by atoms with Crippen LogP contribution in [-0.4, -0.2) is 13.0 Å². The van der Waals surface area contributed by atoms with Gasteiger partial charge in [-0.25, -0.2) is 0 Å². The molecule has 0 atom stereocenters. The fourth-order valence-corrected chi connectivity index (χ4v) is 2.46. The smallest absolute Gasteiger partial charge is 0.282 e. The summed E-state index contributed by atoms with van der Waals surface area (Å²) in [5.41, 5.74) is 3.28. The van der Waals surface area contributed by atoms with Crippen LogP contribution in [0.3, 0.4) is 0 Å². The molecule has 20 heavy (non-hydrogen) atoms. The molecule has 0 saturated carbocycles. The van der Waals surface area contributed by atoms with Crippen molar-refractivity contribution in [2.24, 2.45) is 0 Å². The highest BCUT2D eigenvalue weighted by Crippen LogP contribution is 2.26. The second-order valence-corrected chi connectivity index (χ2v) is 7.25. The largest absolute Gasteiger partial charge is 0.294 e. The molecule has 0 aliphatic carbocycles. The second kappa shape index (κ2) is 5.04. The van der Waals surface area contributed by atoms with Crippen LogP contribution in [0.2, 0.25) is 0 Å². The van der Waals surface area contributed by atoms with Gasteiger partial charge < -0.3 is 0 Å². The lowest BCUT2D eigenvalue weighted by atomic mass is 9.86. The van der Waals surface area contributed by atoms with E-state index in [1.54, 1.807) is 12.1 Å². The van der Waals surface area contributed by atoms with E-state index in [4.69, 9.17) is 4.55 Å². The standard InChI is InChI=1S/C16H18O3S/c1-16(2,3)14-8-4-12(5-9-14)13-6-10-15(11-7-13)20(17,18)19/h4-11H,1-3H3,(H,17,18,19). The molecule has 0 aliphatic heterocycles. The summed E-state index contributed by atoms with van der Waals surface area (Å²) in [6, 6.07) is 14.4. The number of hydrogen-bond donors (Lipinski definition) is 1. The molecule has 0 bridgehead atoms. The second-order valence-electron chi connectivity index (χ2n) is 5.83. The Labute approximate surface area is 120 Å². The summed E-state index contributed by atoms with van der Waals surface area (Å²) in [7, 11) is -4.13. The first-order chi connectivity index (χ1) is 9.18. The van der Waals surface area contributed by atoms with Gasteiger partial charge in [-0.1, -0.05) is 57.2 Å². The molecule has 1 N–H and O–H groups in total. The van der Waals surface area contributed by atoms with Crippen molar-refractivity contribution in [3.05, 3.63) is 54.1 Å². The lowest BCUT2D eigenvalue weighted by Gasteiger charge is -2.19. The van der Waals surface area contributed by atoms with Gasteiger partial charge >= 0.3 is 0 Å². The SMILES string of the molecule is CC(C)(C)c1ccc(-c2ccc(S(=O)(=O)O)cc2)cc1. The summed E-state index contributed by atoms with van der Waals surface area (Å²) in [5.74, 6) is 0. The first kappa shape index (κ1) is 14.8. The van der Waals surface area contributed by atoms with E-state index in [-0.39, 0.29) is 10.3 Å². The summed E-state index contributed by atoms with van der Waals surface area (Å²) >= 11 is 0. The van der Waals surface area contributed by atoms with Crippen molar-refractivity contribution in [3.63, 3.8) is 0 Å². The van der Waals surface area contributed by atoms with Crippen molar-refractivity contribution < 1.29 is 13.0 Å². The van der Waals surface area contributed by atoms with Crippen LogP contribution < -0.4 is 0 Å². The summed E-state index contributed by atoms with van der Waals surface area (Å²) in [6.45, 7) is 6.47. The van der Waals surface area contributed by atoms with Crippen LogP contribution in [0.1, 0.15) is 26.3 Å². The number of benzene rings is 2. The van der Waals surface area contributed by atoms with E-state index in [9.17, 15) is 8.42 Å². The molecule has 0 spiro atoms. The molecule has 0 amide bonds. The van der Waals surface area contributed by atoms with Crippen molar-refractivity contribution in [1.82, 2.24) is 0 Å². The van der Waals surface area contributed by atoms with E-state index < -0.39 is 10.1 Å². The van der Waals surface area contributed by atoms with Crippen molar-refractivity contribution in [1.29, 1.82) is 0 Å². The van der Waals surface area contributed by atoms with Crippen LogP contribution in [0.25, 0.3) is 11.1 Å². The Kier molecular flexibility index (Phi) is 3.71. The normalized spacial score (nSPS) is 12.4. The van der Waals surface area contributed by atoms with Crippen LogP contribution in [0.15, 0.2) is 53.4 Å². The van der Waals surface area contributed by atoms with Gasteiger partial charge in [0.2, 0.25) is 0 Å². The van der Waals surface area contributed by atoms with Crippen LogP contribution in [0.4, 0.5) is 0 Å². The summed E-state index contributed by atoms with van der Waals surface area (Å²) in [6.07, 6.45) is 0. The minimum atomic E-state index is -4.13. The Hall–Kier alpha value is -1.65. The predicted molar refractivity (Wildman–Crippen MR) is 80.4 cm³/mol. The maximum absolute atomic E-state index is 11.0. The van der Waals surface area contributed by atoms with Gasteiger partial charge in [-0.15, -0.1) is 0 Å². The fraction of sp³-hybridized carbons (Fsp3) is 0.250. The number of hydrogen-bond acceptors (Lipinski definition) is 2. The van der Waals surface area contributed by atoms with Gasteiger partial charge in [-0.2, -0.15) is 8.42 Å². The van der Waals surface area contributed by atoms with Gasteiger partial charge in [0.25, 0.3) is 10.1 Å².